The number of ether oxygens (including phenoxy) is 1. The number of nitrogens with one attached hydrogen (secondary N) is 1. The molecule has 0 bridgehead atoms. The van der Waals surface area contributed by atoms with Crippen LogP contribution in [0.15, 0.2) is 40.8 Å². The van der Waals surface area contributed by atoms with Crippen LogP contribution in [-0.2, 0) is 7.05 Å². The van der Waals surface area contributed by atoms with Crippen molar-refractivity contribution < 1.29 is 4.74 Å². The van der Waals surface area contributed by atoms with E-state index in [1.807, 2.05) is 47.5 Å². The number of nitrogens with zero attached hydrogens (tertiary/aromatic N) is 2. The highest BCUT2D eigenvalue weighted by molar-refractivity contribution is 7.80. The van der Waals surface area contributed by atoms with Gasteiger partial charge in [-0.1, -0.05) is 6.07 Å². The number of anilines is 1. The lowest BCUT2D eigenvalue weighted by Crippen LogP contribution is -2.15. The molecule has 18 heavy (non-hydrogen) atoms. The number of thiocarbonyl (C=S) groups is 1. The summed E-state index contributed by atoms with van der Waals surface area (Å²) in [5, 5.41) is 5.46. The summed E-state index contributed by atoms with van der Waals surface area (Å²) in [7, 11) is 3.57. The van der Waals surface area contributed by atoms with Gasteiger partial charge in [-0.3, -0.25) is 0 Å². The molecule has 1 aromatic heterocycles. The SMILES string of the molecule is COc1cccc(NC(=S)/N=c2/sccn2C)c1. The molecule has 4 nitrogen and oxygen atoms in total. The molecule has 2 rings (SSSR count). The highest BCUT2D eigenvalue weighted by Gasteiger charge is 1.98. The van der Waals surface area contributed by atoms with Crippen LogP contribution in [0.25, 0.3) is 0 Å². The molecule has 0 aliphatic carbocycles. The molecule has 94 valence electrons. The average molecular weight is 279 g/mol. The molecule has 6 heteroatoms. The minimum absolute atomic E-state index is 0.432. The summed E-state index contributed by atoms with van der Waals surface area (Å²) in [4.78, 5) is 5.19. The number of rotatable bonds is 2. The number of methoxy groups -OCH3 is 1. The van der Waals surface area contributed by atoms with Gasteiger partial charge in [0.05, 0.1) is 7.11 Å². The minimum Gasteiger partial charge on any atom is -0.497 e. The molecule has 0 unspecified atom stereocenters. The zero-order valence-electron chi connectivity index (χ0n) is 10.1. The standard InChI is InChI=1S/C12H13N3OS2/c1-15-6-7-18-12(15)14-11(17)13-9-4-3-5-10(8-9)16-2/h3-8H,1-2H3,(H,13,17)/b14-12+. The van der Waals surface area contributed by atoms with Crippen LogP contribution in [0.5, 0.6) is 5.75 Å². The van der Waals surface area contributed by atoms with Gasteiger partial charge >= 0.3 is 0 Å². The van der Waals surface area contributed by atoms with Gasteiger partial charge in [0.1, 0.15) is 5.75 Å². The Morgan fingerprint density at radius 3 is 3.00 bits per heavy atom. The van der Waals surface area contributed by atoms with Crippen LogP contribution in [0.3, 0.4) is 0 Å². The van der Waals surface area contributed by atoms with E-state index in [1.54, 1.807) is 18.4 Å². The molecule has 1 N–H and O–H groups in total. The second-order valence-corrected chi connectivity index (χ2v) is 4.83. The Morgan fingerprint density at radius 1 is 1.50 bits per heavy atom. The molecule has 0 radical (unpaired) electrons. The Labute approximate surface area is 115 Å². The van der Waals surface area contributed by atoms with Crippen LogP contribution in [0.4, 0.5) is 5.69 Å². The monoisotopic (exact) mass is 279 g/mol. The zero-order chi connectivity index (χ0) is 13.0. The molecule has 0 saturated heterocycles. The van der Waals surface area contributed by atoms with Crippen LogP contribution in [0.2, 0.25) is 0 Å². The van der Waals surface area contributed by atoms with E-state index < -0.39 is 0 Å². The molecule has 0 saturated carbocycles. The van der Waals surface area contributed by atoms with Crippen molar-refractivity contribution in [1.29, 1.82) is 0 Å². The summed E-state index contributed by atoms with van der Waals surface area (Å²) in [5.74, 6) is 0.782. The Morgan fingerprint density at radius 2 is 2.33 bits per heavy atom. The van der Waals surface area contributed by atoms with Gasteiger partial charge in [-0.15, -0.1) is 11.3 Å². The summed E-state index contributed by atoms with van der Waals surface area (Å²) in [5.41, 5.74) is 0.863. The predicted octanol–water partition coefficient (Wildman–Crippen LogP) is 2.39. The first-order valence-corrected chi connectivity index (χ1v) is 6.58. The Balaban J connectivity index is 2.15. The van der Waals surface area contributed by atoms with Crippen molar-refractivity contribution in [1.82, 2.24) is 4.57 Å². The van der Waals surface area contributed by atoms with Gasteiger partial charge < -0.3 is 14.6 Å². The number of thiazole rings is 1. The van der Waals surface area contributed by atoms with Crippen molar-refractivity contribution in [3.63, 3.8) is 0 Å². The van der Waals surface area contributed by atoms with E-state index in [2.05, 4.69) is 10.3 Å². The third kappa shape index (κ3) is 3.18. The topological polar surface area (TPSA) is 38.5 Å². The Bertz CT molecular complexity index is 616. The lowest BCUT2D eigenvalue weighted by atomic mass is 10.3. The molecular formula is C12H13N3OS2. The fourth-order valence-electron chi connectivity index (χ4n) is 1.37. The number of hydrogen-bond acceptors (Lipinski definition) is 3. The summed E-state index contributed by atoms with van der Waals surface area (Å²) in [6.45, 7) is 0. The Hall–Kier alpha value is -1.66. The van der Waals surface area contributed by atoms with Crippen LogP contribution in [0, 0.1) is 0 Å². The second-order valence-electron chi connectivity index (χ2n) is 3.57. The number of aromatic nitrogens is 1. The normalized spacial score (nSPS) is 11.3. The van der Waals surface area contributed by atoms with E-state index >= 15 is 0 Å². The zero-order valence-corrected chi connectivity index (χ0v) is 11.7. The van der Waals surface area contributed by atoms with Crippen LogP contribution < -0.4 is 14.9 Å². The largest absolute Gasteiger partial charge is 0.497 e. The van der Waals surface area contributed by atoms with Crippen molar-refractivity contribution in [2.45, 2.75) is 0 Å². The molecular weight excluding hydrogens is 266 g/mol. The van der Waals surface area contributed by atoms with Gasteiger partial charge in [-0.2, -0.15) is 4.99 Å². The first-order valence-electron chi connectivity index (χ1n) is 5.29. The molecule has 0 amide bonds. The lowest BCUT2D eigenvalue weighted by molar-refractivity contribution is 0.415. The van der Waals surface area contributed by atoms with Crippen LogP contribution in [-0.4, -0.2) is 16.8 Å². The van der Waals surface area contributed by atoms with Crippen LogP contribution >= 0.6 is 23.6 Å². The summed E-state index contributed by atoms with van der Waals surface area (Å²) in [6, 6.07) is 7.56. The summed E-state index contributed by atoms with van der Waals surface area (Å²) in [6.07, 6.45) is 1.94. The van der Waals surface area contributed by atoms with Crippen molar-refractivity contribution in [2.75, 3.05) is 12.4 Å². The third-order valence-electron chi connectivity index (χ3n) is 2.28. The lowest BCUT2D eigenvalue weighted by Gasteiger charge is -2.05. The smallest absolute Gasteiger partial charge is 0.199 e. The van der Waals surface area contributed by atoms with Crippen LogP contribution in [0.1, 0.15) is 0 Å². The minimum atomic E-state index is 0.432. The van der Waals surface area contributed by atoms with Crippen molar-refractivity contribution in [2.24, 2.45) is 12.0 Å². The maximum Gasteiger partial charge on any atom is 0.199 e. The highest BCUT2D eigenvalue weighted by Crippen LogP contribution is 2.16. The third-order valence-corrected chi connectivity index (χ3v) is 3.32. The van der Waals surface area contributed by atoms with E-state index in [0.717, 1.165) is 16.2 Å². The number of benzene rings is 1. The molecule has 1 heterocycles. The Kier molecular flexibility index (Phi) is 4.11. The maximum absolute atomic E-state index is 5.20. The van der Waals surface area contributed by atoms with Gasteiger partial charge in [-0.25, -0.2) is 0 Å². The summed E-state index contributed by atoms with van der Waals surface area (Å²) >= 11 is 6.74. The number of aryl methyl sites for hydroxylation is 1. The van der Waals surface area contributed by atoms with Gasteiger partial charge in [0.2, 0.25) is 0 Å². The molecule has 1 aromatic carbocycles. The van der Waals surface area contributed by atoms with Gasteiger partial charge in [0.25, 0.3) is 0 Å². The van der Waals surface area contributed by atoms with E-state index in [1.165, 1.54) is 0 Å². The van der Waals surface area contributed by atoms with Gasteiger partial charge in [0, 0.05) is 30.4 Å². The fraction of sp³-hybridized carbons (Fsp3) is 0.167. The van der Waals surface area contributed by atoms with E-state index in [0.29, 0.717) is 5.11 Å². The van der Waals surface area contributed by atoms with Crippen molar-refractivity contribution >= 4 is 34.4 Å². The second kappa shape index (κ2) is 5.79. The summed E-state index contributed by atoms with van der Waals surface area (Å²) < 4.78 is 7.07. The van der Waals surface area contributed by atoms with Gasteiger partial charge in [0.15, 0.2) is 9.91 Å². The van der Waals surface area contributed by atoms with Gasteiger partial charge in [-0.05, 0) is 24.4 Å². The predicted molar refractivity (Wildman–Crippen MR) is 78.1 cm³/mol. The highest BCUT2D eigenvalue weighted by atomic mass is 32.1. The first-order chi connectivity index (χ1) is 8.69. The molecule has 0 aliphatic rings. The number of hydrogen-bond donors (Lipinski definition) is 1. The van der Waals surface area contributed by atoms with E-state index in [4.69, 9.17) is 17.0 Å². The first kappa shape index (κ1) is 12.8. The van der Waals surface area contributed by atoms with E-state index in [9.17, 15) is 0 Å². The quantitative estimate of drug-likeness (QED) is 0.858. The molecule has 0 aliphatic heterocycles. The van der Waals surface area contributed by atoms with Crippen molar-refractivity contribution in [3.05, 3.63) is 40.6 Å². The van der Waals surface area contributed by atoms with E-state index in [-0.39, 0.29) is 0 Å². The maximum atomic E-state index is 5.20. The molecule has 0 spiro atoms. The van der Waals surface area contributed by atoms with Crippen molar-refractivity contribution in [3.8, 4) is 5.75 Å². The molecule has 2 aromatic rings. The molecule has 0 atom stereocenters. The average Bonchev–Trinajstić information content (AvgIpc) is 2.75. The molecule has 0 fully saturated rings. The fourth-order valence-corrected chi connectivity index (χ4v) is 2.37.